The van der Waals surface area contributed by atoms with Crippen LogP contribution in [0.2, 0.25) is 5.02 Å². The number of anilines is 2. The third kappa shape index (κ3) is 5.71. The highest BCUT2D eigenvalue weighted by Crippen LogP contribution is 2.41. The number of aliphatic hydroxyl groups is 1. The van der Waals surface area contributed by atoms with E-state index in [0.717, 1.165) is 29.2 Å². The van der Waals surface area contributed by atoms with Gasteiger partial charge in [0.2, 0.25) is 0 Å². The van der Waals surface area contributed by atoms with E-state index in [1.807, 2.05) is 0 Å². The SMILES string of the molecule is COc1cc(F)c([C@@H]2CN(c3nc(C(F)(F)F)ccc3N3CC[C@H](O)C3)C(=O)C2NC(=O)c2ccc(Cl)cc2)c(F)c1. The number of nitrogens with one attached hydrogen (secondary N) is 1. The molecule has 5 rings (SSSR count). The molecule has 0 radical (unpaired) electrons. The van der Waals surface area contributed by atoms with Crippen molar-refractivity contribution in [1.29, 1.82) is 0 Å². The molecule has 3 aromatic rings. The molecule has 2 aromatic carbocycles. The maximum atomic E-state index is 15.3. The average molecular weight is 611 g/mol. The van der Waals surface area contributed by atoms with E-state index in [9.17, 15) is 27.9 Å². The maximum Gasteiger partial charge on any atom is 0.433 e. The number of nitrogens with zero attached hydrogens (tertiary/aromatic N) is 3. The van der Waals surface area contributed by atoms with E-state index < -0.39 is 71.3 Å². The molecular weight excluding hydrogens is 587 g/mol. The number of aromatic nitrogens is 1. The third-order valence-corrected chi connectivity index (χ3v) is 7.52. The number of halogens is 6. The van der Waals surface area contributed by atoms with Gasteiger partial charge >= 0.3 is 6.18 Å². The molecule has 14 heteroatoms. The van der Waals surface area contributed by atoms with E-state index in [1.165, 1.54) is 31.4 Å². The molecule has 0 saturated carbocycles. The van der Waals surface area contributed by atoms with Gasteiger partial charge in [-0.25, -0.2) is 13.8 Å². The summed E-state index contributed by atoms with van der Waals surface area (Å²) in [6, 6.07) is 7.74. The quantitative estimate of drug-likeness (QED) is 0.398. The molecule has 2 aliphatic heterocycles. The zero-order chi connectivity index (χ0) is 30.3. The van der Waals surface area contributed by atoms with Gasteiger partial charge in [-0.2, -0.15) is 13.2 Å². The van der Waals surface area contributed by atoms with Crippen molar-refractivity contribution in [3.63, 3.8) is 0 Å². The number of carbonyl (C=O) groups excluding carboxylic acids is 2. The van der Waals surface area contributed by atoms with Crippen LogP contribution in [0.1, 0.15) is 34.0 Å². The van der Waals surface area contributed by atoms with Gasteiger partial charge in [0.15, 0.2) is 5.82 Å². The summed E-state index contributed by atoms with van der Waals surface area (Å²) in [5, 5.41) is 12.9. The molecule has 1 unspecified atom stereocenters. The molecule has 0 bridgehead atoms. The smallest absolute Gasteiger partial charge is 0.433 e. The Morgan fingerprint density at radius 1 is 1.10 bits per heavy atom. The minimum atomic E-state index is -4.86. The number of carbonyl (C=O) groups is 2. The Labute approximate surface area is 241 Å². The van der Waals surface area contributed by atoms with Crippen LogP contribution in [-0.2, 0) is 11.0 Å². The number of β-amino-alcohol motifs (C(OH)–C–C–N with tert-alkyl or cyclic N) is 1. The first-order valence-electron chi connectivity index (χ1n) is 12.8. The average Bonchev–Trinajstić information content (AvgIpc) is 3.51. The summed E-state index contributed by atoms with van der Waals surface area (Å²) in [6.45, 7) is -0.169. The molecule has 2 fully saturated rings. The largest absolute Gasteiger partial charge is 0.497 e. The Hall–Kier alpha value is -3.97. The topological polar surface area (TPSA) is 95.0 Å². The van der Waals surface area contributed by atoms with Crippen LogP contribution in [0.3, 0.4) is 0 Å². The molecule has 2 aliphatic rings. The fourth-order valence-electron chi connectivity index (χ4n) is 5.21. The van der Waals surface area contributed by atoms with Crippen molar-refractivity contribution in [2.75, 3.05) is 36.5 Å². The molecule has 222 valence electrons. The first-order valence-corrected chi connectivity index (χ1v) is 13.2. The number of hydrogen-bond donors (Lipinski definition) is 2. The van der Waals surface area contributed by atoms with E-state index in [0.29, 0.717) is 11.4 Å². The molecule has 0 aliphatic carbocycles. The second-order valence-corrected chi connectivity index (χ2v) is 10.4. The highest BCUT2D eigenvalue weighted by Gasteiger charge is 2.47. The Morgan fingerprint density at radius 2 is 1.76 bits per heavy atom. The van der Waals surface area contributed by atoms with Gasteiger partial charge in [0.1, 0.15) is 29.1 Å². The lowest BCUT2D eigenvalue weighted by atomic mass is 9.92. The van der Waals surface area contributed by atoms with Crippen molar-refractivity contribution in [1.82, 2.24) is 10.3 Å². The van der Waals surface area contributed by atoms with Gasteiger partial charge in [0, 0.05) is 53.8 Å². The summed E-state index contributed by atoms with van der Waals surface area (Å²) in [5.41, 5.74) is -1.64. The lowest BCUT2D eigenvalue weighted by molar-refractivity contribution is -0.141. The van der Waals surface area contributed by atoms with E-state index in [4.69, 9.17) is 16.3 Å². The standard InChI is InChI=1S/C28H24ClF5N4O4/c1-42-17-10-19(30)23(20(31)11-17)18-13-38(27(41)24(18)36-26(40)14-2-4-15(29)5-3-14)25-21(37-9-8-16(39)12-37)6-7-22(35-25)28(32,33)34/h2-7,10-11,16,18,24,39H,8-9,12-13H2,1H3,(H,36,40)/t16-,18-,24?/m0/s1. The predicted molar refractivity (Wildman–Crippen MR) is 143 cm³/mol. The summed E-state index contributed by atoms with van der Waals surface area (Å²) in [5.74, 6) is -5.75. The third-order valence-electron chi connectivity index (χ3n) is 7.27. The molecule has 3 atom stereocenters. The second kappa shape index (κ2) is 11.4. The lowest BCUT2D eigenvalue weighted by Gasteiger charge is -2.26. The minimum absolute atomic E-state index is 0.0734. The number of ether oxygens (including phenoxy) is 1. The fraction of sp³-hybridized carbons (Fsp3) is 0.321. The molecule has 2 saturated heterocycles. The summed E-state index contributed by atoms with van der Waals surface area (Å²) < 4.78 is 76.6. The van der Waals surface area contributed by atoms with E-state index in [-0.39, 0.29) is 30.1 Å². The van der Waals surface area contributed by atoms with Crippen molar-refractivity contribution >= 4 is 34.9 Å². The van der Waals surface area contributed by atoms with Crippen molar-refractivity contribution < 1.29 is 41.4 Å². The monoisotopic (exact) mass is 610 g/mol. The number of methoxy groups -OCH3 is 1. The van der Waals surface area contributed by atoms with Crippen LogP contribution in [0.5, 0.6) is 5.75 Å². The van der Waals surface area contributed by atoms with E-state index in [2.05, 4.69) is 10.3 Å². The number of benzene rings is 2. The number of aliphatic hydroxyl groups excluding tert-OH is 1. The first kappa shape index (κ1) is 29.5. The zero-order valence-corrected chi connectivity index (χ0v) is 22.7. The number of amides is 2. The molecule has 0 spiro atoms. The number of pyridine rings is 1. The molecule has 42 heavy (non-hydrogen) atoms. The van der Waals surface area contributed by atoms with Crippen LogP contribution < -0.4 is 19.9 Å². The molecule has 3 heterocycles. The summed E-state index contributed by atoms with van der Waals surface area (Å²) in [7, 11) is 1.21. The second-order valence-electron chi connectivity index (χ2n) is 9.94. The highest BCUT2D eigenvalue weighted by molar-refractivity contribution is 6.30. The maximum absolute atomic E-state index is 15.3. The summed E-state index contributed by atoms with van der Waals surface area (Å²) >= 11 is 5.89. The Bertz CT molecular complexity index is 1500. The molecular formula is C28H24ClF5N4O4. The van der Waals surface area contributed by atoms with Crippen LogP contribution in [0, 0.1) is 11.6 Å². The van der Waals surface area contributed by atoms with Crippen LogP contribution >= 0.6 is 11.6 Å². The number of hydrogen-bond acceptors (Lipinski definition) is 6. The van der Waals surface area contributed by atoms with Crippen LogP contribution in [0.4, 0.5) is 33.5 Å². The van der Waals surface area contributed by atoms with Gasteiger partial charge in [-0.1, -0.05) is 11.6 Å². The molecule has 1 aromatic heterocycles. The number of alkyl halides is 3. The Morgan fingerprint density at radius 3 is 2.33 bits per heavy atom. The first-order chi connectivity index (χ1) is 19.9. The number of rotatable bonds is 6. The lowest BCUT2D eigenvalue weighted by Crippen LogP contribution is -2.44. The van der Waals surface area contributed by atoms with Crippen LogP contribution in [0.15, 0.2) is 48.5 Å². The molecule has 2 amide bonds. The van der Waals surface area contributed by atoms with Crippen molar-refractivity contribution in [3.05, 3.63) is 82.0 Å². The Kier molecular flexibility index (Phi) is 7.99. The van der Waals surface area contributed by atoms with Crippen molar-refractivity contribution in [2.45, 2.75) is 30.7 Å². The summed E-state index contributed by atoms with van der Waals surface area (Å²) in [6.07, 6.45) is -5.29. The zero-order valence-electron chi connectivity index (χ0n) is 22.0. The van der Waals surface area contributed by atoms with Gasteiger partial charge in [0.05, 0.1) is 18.9 Å². The van der Waals surface area contributed by atoms with Gasteiger partial charge in [0.25, 0.3) is 11.8 Å². The van der Waals surface area contributed by atoms with Crippen LogP contribution in [-0.4, -0.2) is 60.8 Å². The minimum Gasteiger partial charge on any atom is -0.497 e. The van der Waals surface area contributed by atoms with E-state index in [1.54, 1.807) is 4.90 Å². The Balaban J connectivity index is 1.61. The van der Waals surface area contributed by atoms with Crippen molar-refractivity contribution in [3.8, 4) is 5.75 Å². The fourth-order valence-corrected chi connectivity index (χ4v) is 5.33. The summed E-state index contributed by atoms with van der Waals surface area (Å²) in [4.78, 5) is 33.2. The van der Waals surface area contributed by atoms with Crippen molar-refractivity contribution in [2.24, 2.45) is 0 Å². The van der Waals surface area contributed by atoms with Gasteiger partial charge in [-0.15, -0.1) is 0 Å². The molecule has 2 N–H and O–H groups in total. The van der Waals surface area contributed by atoms with E-state index >= 15 is 8.78 Å². The highest BCUT2D eigenvalue weighted by atomic mass is 35.5. The van der Waals surface area contributed by atoms with Gasteiger partial charge < -0.3 is 20.1 Å². The van der Waals surface area contributed by atoms with Gasteiger partial charge in [-0.05, 0) is 42.8 Å². The van der Waals surface area contributed by atoms with Crippen LogP contribution in [0.25, 0.3) is 0 Å². The normalized spacial score (nSPS) is 20.8. The van der Waals surface area contributed by atoms with Gasteiger partial charge in [-0.3, -0.25) is 14.5 Å². The molecule has 8 nitrogen and oxygen atoms in total. The predicted octanol–water partition coefficient (Wildman–Crippen LogP) is 4.54.